The molecule has 23 heavy (non-hydrogen) atoms. The second-order valence-corrected chi connectivity index (χ2v) is 6.38. The molecule has 0 radical (unpaired) electrons. The summed E-state index contributed by atoms with van der Waals surface area (Å²) < 4.78 is 5.42. The van der Waals surface area contributed by atoms with Gasteiger partial charge in [0, 0.05) is 28.2 Å². The number of amides is 1. The van der Waals surface area contributed by atoms with Gasteiger partial charge in [-0.1, -0.05) is 0 Å². The number of hydrogen-bond acceptors (Lipinski definition) is 2. The fourth-order valence-corrected chi connectivity index (χ4v) is 3.08. The van der Waals surface area contributed by atoms with Crippen molar-refractivity contribution in [1.29, 1.82) is 0 Å². The van der Waals surface area contributed by atoms with Gasteiger partial charge in [-0.3, -0.25) is 4.79 Å². The molecule has 2 aromatic heterocycles. The predicted octanol–water partition coefficient (Wildman–Crippen LogP) is 4.18. The second-order valence-electron chi connectivity index (χ2n) is 6.38. The number of benzene rings is 1. The Kier molecular flexibility index (Phi) is 3.26. The lowest BCUT2D eigenvalue weighted by Crippen LogP contribution is -2.32. The molecule has 0 saturated heterocycles. The van der Waals surface area contributed by atoms with Crippen molar-refractivity contribution in [3.05, 3.63) is 59.2 Å². The van der Waals surface area contributed by atoms with E-state index in [1.807, 2.05) is 35.2 Å². The molecule has 3 aromatic rings. The third kappa shape index (κ3) is 2.54. The first kappa shape index (κ1) is 14.1. The van der Waals surface area contributed by atoms with Crippen molar-refractivity contribution in [3.63, 3.8) is 0 Å². The number of nitrogens with one attached hydrogen (secondary N) is 1. The van der Waals surface area contributed by atoms with E-state index in [-0.39, 0.29) is 5.91 Å². The number of hydrogen-bond donors (Lipinski definition) is 1. The van der Waals surface area contributed by atoms with E-state index < -0.39 is 0 Å². The van der Waals surface area contributed by atoms with Gasteiger partial charge in [-0.2, -0.15) is 0 Å². The molecule has 1 aliphatic rings. The first-order chi connectivity index (χ1) is 11.1. The van der Waals surface area contributed by atoms with E-state index in [1.54, 1.807) is 6.26 Å². The number of rotatable bonds is 4. The number of furan rings is 1. The lowest BCUT2D eigenvalue weighted by molar-refractivity contribution is 0.0717. The van der Waals surface area contributed by atoms with Crippen LogP contribution in [0.3, 0.4) is 0 Å². The van der Waals surface area contributed by atoms with Crippen LogP contribution in [0.2, 0.25) is 0 Å². The molecule has 4 heteroatoms. The SMILES string of the molecule is Cc1[nH]c2ccc(C(=O)N(Cc3ccco3)C3CC3)cc2c1C. The summed E-state index contributed by atoms with van der Waals surface area (Å²) in [5.41, 5.74) is 4.19. The molecule has 0 spiro atoms. The number of fused-ring (bicyclic) bond motifs is 1. The molecule has 2 heterocycles. The normalized spacial score (nSPS) is 14.3. The minimum absolute atomic E-state index is 0.0871. The molecule has 4 nitrogen and oxygen atoms in total. The van der Waals surface area contributed by atoms with Crippen LogP contribution in [0.25, 0.3) is 10.9 Å². The maximum atomic E-state index is 13.0. The van der Waals surface area contributed by atoms with E-state index in [1.165, 1.54) is 5.56 Å². The Bertz CT molecular complexity index is 857. The Morgan fingerprint density at radius 3 is 2.83 bits per heavy atom. The van der Waals surface area contributed by atoms with E-state index in [4.69, 9.17) is 4.42 Å². The highest BCUT2D eigenvalue weighted by Gasteiger charge is 2.33. The second kappa shape index (κ2) is 5.30. The largest absolute Gasteiger partial charge is 0.467 e. The number of carbonyl (C=O) groups is 1. The van der Waals surface area contributed by atoms with Gasteiger partial charge in [0.1, 0.15) is 5.76 Å². The molecule has 0 unspecified atom stereocenters. The molecular formula is C19H20N2O2. The maximum absolute atomic E-state index is 13.0. The highest BCUT2D eigenvalue weighted by atomic mass is 16.3. The lowest BCUT2D eigenvalue weighted by atomic mass is 10.1. The zero-order valence-electron chi connectivity index (χ0n) is 13.4. The van der Waals surface area contributed by atoms with Gasteiger partial charge in [0.15, 0.2) is 0 Å². The number of aromatic nitrogens is 1. The molecular weight excluding hydrogens is 288 g/mol. The van der Waals surface area contributed by atoms with E-state index in [2.05, 4.69) is 18.8 Å². The molecule has 0 aliphatic heterocycles. The van der Waals surface area contributed by atoms with Crippen molar-refractivity contribution in [2.75, 3.05) is 0 Å². The summed E-state index contributed by atoms with van der Waals surface area (Å²) in [7, 11) is 0. The number of aromatic amines is 1. The summed E-state index contributed by atoms with van der Waals surface area (Å²) in [6, 6.07) is 10.1. The third-order valence-corrected chi connectivity index (χ3v) is 4.71. The van der Waals surface area contributed by atoms with Crippen molar-refractivity contribution in [1.82, 2.24) is 9.88 Å². The molecule has 0 atom stereocenters. The smallest absolute Gasteiger partial charge is 0.254 e. The van der Waals surface area contributed by atoms with E-state index in [9.17, 15) is 4.79 Å². The number of nitrogens with zero attached hydrogens (tertiary/aromatic N) is 1. The molecule has 0 bridgehead atoms. The predicted molar refractivity (Wildman–Crippen MR) is 89.4 cm³/mol. The first-order valence-electron chi connectivity index (χ1n) is 8.06. The van der Waals surface area contributed by atoms with Crippen molar-refractivity contribution in [3.8, 4) is 0 Å². The quantitative estimate of drug-likeness (QED) is 0.786. The summed E-state index contributed by atoms with van der Waals surface area (Å²) in [5, 5.41) is 1.13. The molecule has 4 rings (SSSR count). The molecule has 1 aliphatic carbocycles. The highest BCUT2D eigenvalue weighted by molar-refractivity contribution is 5.99. The summed E-state index contributed by atoms with van der Waals surface area (Å²) >= 11 is 0. The van der Waals surface area contributed by atoms with Crippen LogP contribution in [0.1, 0.15) is 40.2 Å². The Morgan fingerprint density at radius 2 is 2.13 bits per heavy atom. The van der Waals surface area contributed by atoms with Crippen LogP contribution in [0.15, 0.2) is 41.0 Å². The number of aryl methyl sites for hydroxylation is 2. The fourth-order valence-electron chi connectivity index (χ4n) is 3.08. The molecule has 1 N–H and O–H groups in total. The van der Waals surface area contributed by atoms with Gasteiger partial charge in [0.25, 0.3) is 5.91 Å². The molecule has 1 fully saturated rings. The van der Waals surface area contributed by atoms with Gasteiger partial charge in [0.05, 0.1) is 12.8 Å². The monoisotopic (exact) mass is 308 g/mol. The molecule has 1 amide bonds. The Morgan fingerprint density at radius 1 is 1.30 bits per heavy atom. The highest BCUT2D eigenvalue weighted by Crippen LogP contribution is 2.31. The minimum Gasteiger partial charge on any atom is -0.467 e. The van der Waals surface area contributed by atoms with Crippen LogP contribution < -0.4 is 0 Å². The fraction of sp³-hybridized carbons (Fsp3) is 0.316. The van der Waals surface area contributed by atoms with Gasteiger partial charge in [0.2, 0.25) is 0 Å². The van der Waals surface area contributed by atoms with E-state index in [0.29, 0.717) is 12.6 Å². The van der Waals surface area contributed by atoms with Crippen molar-refractivity contribution < 1.29 is 9.21 Å². The van der Waals surface area contributed by atoms with Crippen LogP contribution >= 0.6 is 0 Å². The standard InChI is InChI=1S/C19H20N2O2/c1-12-13(2)20-18-8-5-14(10-17(12)18)19(22)21(15-6-7-15)11-16-4-3-9-23-16/h3-5,8-10,15,20H,6-7,11H2,1-2H3. The zero-order valence-corrected chi connectivity index (χ0v) is 13.4. The van der Waals surface area contributed by atoms with Crippen LogP contribution in [0.5, 0.6) is 0 Å². The first-order valence-corrected chi connectivity index (χ1v) is 8.06. The van der Waals surface area contributed by atoms with Crippen LogP contribution in [-0.2, 0) is 6.54 Å². The third-order valence-electron chi connectivity index (χ3n) is 4.71. The Hall–Kier alpha value is -2.49. The van der Waals surface area contributed by atoms with E-state index in [0.717, 1.165) is 40.8 Å². The average Bonchev–Trinajstić information content (AvgIpc) is 3.19. The topological polar surface area (TPSA) is 49.2 Å². The Balaban J connectivity index is 1.67. The Labute approximate surface area is 135 Å². The summed E-state index contributed by atoms with van der Waals surface area (Å²) in [4.78, 5) is 18.3. The van der Waals surface area contributed by atoms with Gasteiger partial charge in [-0.05, 0) is 62.6 Å². The number of H-pyrrole nitrogens is 1. The molecule has 1 saturated carbocycles. The maximum Gasteiger partial charge on any atom is 0.254 e. The zero-order chi connectivity index (χ0) is 16.0. The van der Waals surface area contributed by atoms with Crippen molar-refractivity contribution >= 4 is 16.8 Å². The summed E-state index contributed by atoms with van der Waals surface area (Å²) in [6.45, 7) is 4.69. The molecule has 1 aromatic carbocycles. The summed E-state index contributed by atoms with van der Waals surface area (Å²) in [6.07, 6.45) is 3.82. The van der Waals surface area contributed by atoms with Gasteiger partial charge < -0.3 is 14.3 Å². The van der Waals surface area contributed by atoms with Crippen molar-refractivity contribution in [2.24, 2.45) is 0 Å². The number of carbonyl (C=O) groups excluding carboxylic acids is 1. The van der Waals surface area contributed by atoms with Gasteiger partial charge >= 0.3 is 0 Å². The van der Waals surface area contributed by atoms with Gasteiger partial charge in [-0.25, -0.2) is 0 Å². The van der Waals surface area contributed by atoms with Crippen LogP contribution in [0.4, 0.5) is 0 Å². The van der Waals surface area contributed by atoms with Crippen LogP contribution in [0, 0.1) is 13.8 Å². The lowest BCUT2D eigenvalue weighted by Gasteiger charge is -2.21. The summed E-state index contributed by atoms with van der Waals surface area (Å²) in [5.74, 6) is 0.920. The molecule has 118 valence electrons. The average molecular weight is 308 g/mol. The van der Waals surface area contributed by atoms with Crippen LogP contribution in [-0.4, -0.2) is 21.8 Å². The van der Waals surface area contributed by atoms with Crippen molar-refractivity contribution in [2.45, 2.75) is 39.3 Å². The van der Waals surface area contributed by atoms with Gasteiger partial charge in [-0.15, -0.1) is 0 Å². The minimum atomic E-state index is 0.0871. The van der Waals surface area contributed by atoms with E-state index >= 15 is 0 Å².